The summed E-state index contributed by atoms with van der Waals surface area (Å²) < 4.78 is 10.8. The molecule has 0 bridgehead atoms. The van der Waals surface area contributed by atoms with Gasteiger partial charge in [-0.25, -0.2) is 0 Å². The van der Waals surface area contributed by atoms with Crippen molar-refractivity contribution in [3.05, 3.63) is 23.2 Å². The minimum atomic E-state index is -0.258. The second-order valence-corrected chi connectivity index (χ2v) is 4.01. The number of hydrogen-bond acceptors (Lipinski definition) is 4. The van der Waals surface area contributed by atoms with Crippen molar-refractivity contribution >= 4 is 5.78 Å². The average Bonchev–Trinajstić information content (AvgIpc) is 2.20. The van der Waals surface area contributed by atoms with E-state index in [-0.39, 0.29) is 23.8 Å². The maximum absolute atomic E-state index is 11.6. The Kier molecular flexibility index (Phi) is 3.73. The number of nitrogens with zero attached hydrogens (tertiary/aromatic N) is 1. The lowest BCUT2D eigenvalue weighted by atomic mass is 9.95. The topological polar surface area (TPSA) is 59.3 Å². The van der Waals surface area contributed by atoms with Crippen LogP contribution in [-0.2, 0) is 14.3 Å². The van der Waals surface area contributed by atoms with E-state index in [0.29, 0.717) is 11.3 Å². The van der Waals surface area contributed by atoms with Gasteiger partial charge in [-0.15, -0.1) is 0 Å². The van der Waals surface area contributed by atoms with Gasteiger partial charge >= 0.3 is 0 Å². The summed E-state index contributed by atoms with van der Waals surface area (Å²) in [5.74, 6) is 0.367. The van der Waals surface area contributed by atoms with Crippen LogP contribution >= 0.6 is 0 Å². The number of carbonyl (C=O) groups excluding carboxylic acids is 1. The number of nitriles is 1. The van der Waals surface area contributed by atoms with Crippen molar-refractivity contribution in [2.24, 2.45) is 0 Å². The standard InChI is InChI=1S/C12H15NO3/c1-7(2)15-11-9(5-6-13)10(14)12(11)16-8(3)4/h5,7-8H,1-4H3/b9-5-. The molecule has 0 aromatic rings. The van der Waals surface area contributed by atoms with Crippen LogP contribution in [0.4, 0.5) is 0 Å². The number of Topliss-reactive ketones (excluding diaryl/α,β-unsaturated/α-hetero) is 1. The molecule has 1 aliphatic rings. The lowest BCUT2D eigenvalue weighted by molar-refractivity contribution is -0.119. The van der Waals surface area contributed by atoms with Crippen LogP contribution in [0.5, 0.6) is 0 Å². The van der Waals surface area contributed by atoms with Crippen LogP contribution in [0.1, 0.15) is 27.7 Å². The fourth-order valence-electron chi connectivity index (χ4n) is 1.28. The largest absolute Gasteiger partial charge is 0.486 e. The van der Waals surface area contributed by atoms with Crippen LogP contribution in [0, 0.1) is 11.3 Å². The summed E-state index contributed by atoms with van der Waals surface area (Å²) in [4.78, 5) is 11.6. The van der Waals surface area contributed by atoms with Gasteiger partial charge in [0.25, 0.3) is 0 Å². The minimum absolute atomic E-state index is 0.0593. The molecule has 1 rings (SSSR count). The Bertz CT molecular complexity index is 397. The Morgan fingerprint density at radius 2 is 1.62 bits per heavy atom. The smallest absolute Gasteiger partial charge is 0.236 e. The van der Waals surface area contributed by atoms with Gasteiger partial charge in [-0.3, -0.25) is 4.79 Å². The third-order valence-corrected chi connectivity index (χ3v) is 1.82. The number of hydrogen-bond donors (Lipinski definition) is 0. The first-order valence-electron chi connectivity index (χ1n) is 5.19. The predicted octanol–water partition coefficient (Wildman–Crippen LogP) is 2.08. The van der Waals surface area contributed by atoms with Crippen LogP contribution in [0.25, 0.3) is 0 Å². The molecule has 0 spiro atoms. The first-order chi connectivity index (χ1) is 7.47. The van der Waals surface area contributed by atoms with Crippen molar-refractivity contribution in [2.45, 2.75) is 39.9 Å². The maximum Gasteiger partial charge on any atom is 0.236 e. The monoisotopic (exact) mass is 221 g/mol. The Labute approximate surface area is 95.1 Å². The zero-order valence-electron chi connectivity index (χ0n) is 9.90. The molecular weight excluding hydrogens is 206 g/mol. The molecule has 0 aromatic carbocycles. The van der Waals surface area contributed by atoms with Crippen LogP contribution in [-0.4, -0.2) is 18.0 Å². The summed E-state index contributed by atoms with van der Waals surface area (Å²) in [5.41, 5.74) is 0.298. The molecule has 0 amide bonds. The summed E-state index contributed by atoms with van der Waals surface area (Å²) in [6, 6.07) is 1.82. The molecule has 0 saturated heterocycles. The van der Waals surface area contributed by atoms with Crippen molar-refractivity contribution in [3.8, 4) is 6.07 Å². The van der Waals surface area contributed by atoms with Gasteiger partial charge in [-0.05, 0) is 27.7 Å². The molecule has 0 unspecified atom stereocenters. The van der Waals surface area contributed by atoms with E-state index in [9.17, 15) is 4.79 Å². The highest BCUT2D eigenvalue weighted by Crippen LogP contribution is 2.33. The molecule has 4 nitrogen and oxygen atoms in total. The lowest BCUT2D eigenvalue weighted by Gasteiger charge is -2.27. The van der Waals surface area contributed by atoms with Crippen LogP contribution < -0.4 is 0 Å². The van der Waals surface area contributed by atoms with Gasteiger partial charge in [-0.1, -0.05) is 0 Å². The van der Waals surface area contributed by atoms with Crippen molar-refractivity contribution in [1.82, 2.24) is 0 Å². The minimum Gasteiger partial charge on any atom is -0.486 e. The SMILES string of the molecule is CC(C)OC1=C(OC(C)C)/C(=C\C#N)C1=O. The van der Waals surface area contributed by atoms with E-state index < -0.39 is 0 Å². The quantitative estimate of drug-likeness (QED) is 0.538. The molecule has 0 radical (unpaired) electrons. The van der Waals surface area contributed by atoms with E-state index in [2.05, 4.69) is 0 Å². The van der Waals surface area contributed by atoms with E-state index in [1.807, 2.05) is 33.8 Å². The molecule has 0 saturated carbocycles. The summed E-state index contributed by atoms with van der Waals surface area (Å²) in [6.45, 7) is 7.37. The van der Waals surface area contributed by atoms with E-state index in [4.69, 9.17) is 14.7 Å². The predicted molar refractivity (Wildman–Crippen MR) is 58.2 cm³/mol. The molecular formula is C12H15NO3. The highest BCUT2D eigenvalue weighted by molar-refractivity contribution is 6.18. The molecule has 86 valence electrons. The zero-order chi connectivity index (χ0) is 12.3. The molecule has 0 aliphatic heterocycles. The van der Waals surface area contributed by atoms with Crippen molar-refractivity contribution in [3.63, 3.8) is 0 Å². The second kappa shape index (κ2) is 4.84. The van der Waals surface area contributed by atoms with Crippen molar-refractivity contribution in [2.75, 3.05) is 0 Å². The van der Waals surface area contributed by atoms with Crippen LogP contribution in [0.2, 0.25) is 0 Å². The van der Waals surface area contributed by atoms with E-state index in [1.165, 1.54) is 6.08 Å². The molecule has 4 heteroatoms. The summed E-state index contributed by atoms with van der Waals surface area (Å²) in [5, 5.41) is 8.54. The average molecular weight is 221 g/mol. The highest BCUT2D eigenvalue weighted by atomic mass is 16.5. The fraction of sp³-hybridized carbons (Fsp3) is 0.500. The van der Waals surface area contributed by atoms with Crippen LogP contribution in [0.15, 0.2) is 23.2 Å². The highest BCUT2D eigenvalue weighted by Gasteiger charge is 2.38. The normalized spacial score (nSPS) is 17.8. The van der Waals surface area contributed by atoms with E-state index in [1.54, 1.807) is 0 Å². The van der Waals surface area contributed by atoms with Gasteiger partial charge in [0.2, 0.25) is 11.5 Å². The van der Waals surface area contributed by atoms with E-state index >= 15 is 0 Å². The maximum atomic E-state index is 11.6. The van der Waals surface area contributed by atoms with Gasteiger partial charge in [0.15, 0.2) is 5.76 Å². The second-order valence-electron chi connectivity index (χ2n) is 4.01. The van der Waals surface area contributed by atoms with E-state index in [0.717, 1.165) is 0 Å². The zero-order valence-corrected chi connectivity index (χ0v) is 9.90. The van der Waals surface area contributed by atoms with Gasteiger partial charge in [0.1, 0.15) is 0 Å². The van der Waals surface area contributed by atoms with Gasteiger partial charge < -0.3 is 9.47 Å². The van der Waals surface area contributed by atoms with Crippen molar-refractivity contribution in [1.29, 1.82) is 5.26 Å². The summed E-state index contributed by atoms with van der Waals surface area (Å²) >= 11 is 0. The Hall–Kier alpha value is -1.76. The number of carbonyl (C=O) groups is 1. The molecule has 0 aromatic heterocycles. The van der Waals surface area contributed by atoms with Gasteiger partial charge in [0.05, 0.1) is 23.9 Å². The Balaban J connectivity index is 2.98. The fourth-order valence-corrected chi connectivity index (χ4v) is 1.28. The molecule has 1 aliphatic carbocycles. The molecule has 0 atom stereocenters. The molecule has 0 N–H and O–H groups in total. The Morgan fingerprint density at radius 1 is 1.12 bits per heavy atom. The van der Waals surface area contributed by atoms with Gasteiger partial charge in [0, 0.05) is 6.08 Å². The molecule has 0 fully saturated rings. The first-order valence-corrected chi connectivity index (χ1v) is 5.19. The molecule has 16 heavy (non-hydrogen) atoms. The molecule has 0 heterocycles. The van der Waals surface area contributed by atoms with Gasteiger partial charge in [-0.2, -0.15) is 5.26 Å². The third-order valence-electron chi connectivity index (χ3n) is 1.82. The summed E-state index contributed by atoms with van der Waals surface area (Å²) in [6.07, 6.45) is 1.04. The number of ether oxygens (including phenoxy) is 2. The summed E-state index contributed by atoms with van der Waals surface area (Å²) in [7, 11) is 0. The van der Waals surface area contributed by atoms with Crippen molar-refractivity contribution < 1.29 is 14.3 Å². The first kappa shape index (κ1) is 12.3. The van der Waals surface area contributed by atoms with Crippen LogP contribution in [0.3, 0.4) is 0 Å². The Morgan fingerprint density at radius 3 is 2.06 bits per heavy atom. The number of rotatable bonds is 4. The lowest BCUT2D eigenvalue weighted by Crippen LogP contribution is -2.29. The third kappa shape index (κ3) is 2.43. The number of allylic oxidation sites excluding steroid dienone is 3. The number of ketones is 1.